The van der Waals surface area contributed by atoms with E-state index in [-0.39, 0.29) is 6.04 Å². The monoisotopic (exact) mass is 303 g/mol. The first kappa shape index (κ1) is 15.7. The second-order valence-corrected chi connectivity index (χ2v) is 7.42. The lowest BCUT2D eigenvalue weighted by atomic mass is 10.1. The number of nitrogens with zero attached hydrogens (tertiary/aromatic N) is 1. The Kier molecular flexibility index (Phi) is 4.49. The molecular weight excluding hydrogens is 282 g/mol. The molecule has 0 aliphatic heterocycles. The van der Waals surface area contributed by atoms with E-state index in [2.05, 4.69) is 0 Å². The van der Waals surface area contributed by atoms with Crippen LogP contribution >= 0.6 is 0 Å². The minimum atomic E-state index is -3.48. The van der Waals surface area contributed by atoms with Crippen molar-refractivity contribution in [3.05, 3.63) is 65.2 Å². The van der Waals surface area contributed by atoms with Crippen LogP contribution in [0.5, 0.6) is 0 Å². The Hall–Kier alpha value is -1.65. The summed E-state index contributed by atoms with van der Waals surface area (Å²) in [5.74, 6) is 0. The van der Waals surface area contributed by atoms with Crippen molar-refractivity contribution in [3.8, 4) is 0 Å². The molecule has 4 heteroatoms. The summed E-state index contributed by atoms with van der Waals surface area (Å²) >= 11 is 0. The minimum absolute atomic E-state index is 0.211. The summed E-state index contributed by atoms with van der Waals surface area (Å²) in [6.07, 6.45) is 0. The lowest BCUT2D eigenvalue weighted by Gasteiger charge is -2.25. The quantitative estimate of drug-likeness (QED) is 0.864. The predicted octanol–water partition coefficient (Wildman–Crippen LogP) is 3.69. The van der Waals surface area contributed by atoms with Crippen LogP contribution in [-0.2, 0) is 10.0 Å². The topological polar surface area (TPSA) is 37.4 Å². The van der Waals surface area contributed by atoms with E-state index in [1.807, 2.05) is 57.2 Å². The van der Waals surface area contributed by atoms with E-state index in [0.29, 0.717) is 4.90 Å². The van der Waals surface area contributed by atoms with Crippen LogP contribution in [0.2, 0.25) is 0 Å². The van der Waals surface area contributed by atoms with E-state index < -0.39 is 10.0 Å². The van der Waals surface area contributed by atoms with Crippen LogP contribution < -0.4 is 0 Å². The number of aryl methyl sites for hydroxylation is 2. The fourth-order valence-electron chi connectivity index (χ4n) is 2.14. The molecule has 1 unspecified atom stereocenters. The Morgan fingerprint density at radius 3 is 1.76 bits per heavy atom. The van der Waals surface area contributed by atoms with Crippen LogP contribution in [0.4, 0.5) is 0 Å². The van der Waals surface area contributed by atoms with Gasteiger partial charge in [-0.05, 0) is 38.5 Å². The highest BCUT2D eigenvalue weighted by molar-refractivity contribution is 7.89. The fraction of sp³-hybridized carbons (Fsp3) is 0.294. The molecule has 2 rings (SSSR count). The number of hydrogen-bond acceptors (Lipinski definition) is 2. The Morgan fingerprint density at radius 2 is 1.29 bits per heavy atom. The average molecular weight is 303 g/mol. The van der Waals surface area contributed by atoms with Crippen LogP contribution in [0.1, 0.15) is 29.7 Å². The first-order valence-corrected chi connectivity index (χ1v) is 8.37. The maximum absolute atomic E-state index is 12.7. The second kappa shape index (κ2) is 6.00. The highest BCUT2D eigenvalue weighted by atomic mass is 32.2. The molecule has 0 spiro atoms. The Morgan fingerprint density at radius 1 is 0.857 bits per heavy atom. The number of rotatable bonds is 4. The maximum atomic E-state index is 12.7. The molecule has 0 heterocycles. The largest absolute Gasteiger partial charge is 0.243 e. The molecule has 3 nitrogen and oxygen atoms in total. The van der Waals surface area contributed by atoms with Gasteiger partial charge in [0.2, 0.25) is 10.0 Å². The second-order valence-electron chi connectivity index (χ2n) is 5.42. The van der Waals surface area contributed by atoms with E-state index in [0.717, 1.165) is 16.7 Å². The SMILES string of the molecule is Cc1ccc(C(C)N(C)S(=O)(=O)c2ccc(C)cc2)cc1. The van der Waals surface area contributed by atoms with Crippen LogP contribution in [0, 0.1) is 13.8 Å². The predicted molar refractivity (Wildman–Crippen MR) is 85.7 cm³/mol. The summed E-state index contributed by atoms with van der Waals surface area (Å²) in [5.41, 5.74) is 3.19. The third kappa shape index (κ3) is 3.34. The minimum Gasteiger partial charge on any atom is -0.207 e. The van der Waals surface area contributed by atoms with Gasteiger partial charge in [-0.3, -0.25) is 0 Å². The van der Waals surface area contributed by atoms with Gasteiger partial charge >= 0.3 is 0 Å². The highest BCUT2D eigenvalue weighted by Crippen LogP contribution is 2.26. The van der Waals surface area contributed by atoms with E-state index in [4.69, 9.17) is 0 Å². The summed E-state index contributed by atoms with van der Waals surface area (Å²) in [7, 11) is -1.86. The summed E-state index contributed by atoms with van der Waals surface area (Å²) in [4.78, 5) is 0.328. The van der Waals surface area contributed by atoms with Gasteiger partial charge in [-0.25, -0.2) is 8.42 Å². The number of hydrogen-bond donors (Lipinski definition) is 0. The molecule has 0 aliphatic rings. The van der Waals surface area contributed by atoms with E-state index in [1.165, 1.54) is 4.31 Å². The zero-order chi connectivity index (χ0) is 15.6. The van der Waals surface area contributed by atoms with Gasteiger partial charge in [0, 0.05) is 13.1 Å². The molecule has 0 aromatic heterocycles. The van der Waals surface area contributed by atoms with Crippen molar-refractivity contribution >= 4 is 10.0 Å². The van der Waals surface area contributed by atoms with Crippen LogP contribution in [0.25, 0.3) is 0 Å². The van der Waals surface area contributed by atoms with Gasteiger partial charge < -0.3 is 0 Å². The smallest absolute Gasteiger partial charge is 0.207 e. The zero-order valence-corrected chi connectivity index (χ0v) is 13.7. The first-order chi connectivity index (χ1) is 9.82. The Bertz CT molecular complexity index is 703. The van der Waals surface area contributed by atoms with Gasteiger partial charge in [-0.2, -0.15) is 4.31 Å². The third-order valence-electron chi connectivity index (χ3n) is 3.80. The first-order valence-electron chi connectivity index (χ1n) is 6.93. The summed E-state index contributed by atoms with van der Waals surface area (Å²) < 4.78 is 26.7. The van der Waals surface area contributed by atoms with Crippen molar-refractivity contribution < 1.29 is 8.42 Å². The van der Waals surface area contributed by atoms with Crippen molar-refractivity contribution in [2.75, 3.05) is 7.05 Å². The third-order valence-corrected chi connectivity index (χ3v) is 5.75. The molecule has 1 atom stereocenters. The van der Waals surface area contributed by atoms with Gasteiger partial charge in [0.05, 0.1) is 4.90 Å². The Labute approximate surface area is 127 Å². The van der Waals surface area contributed by atoms with Crippen molar-refractivity contribution in [2.45, 2.75) is 31.7 Å². The normalized spacial score (nSPS) is 13.4. The summed E-state index contributed by atoms with van der Waals surface area (Å²) in [6.45, 7) is 5.85. The molecule has 21 heavy (non-hydrogen) atoms. The number of sulfonamides is 1. The van der Waals surface area contributed by atoms with Gasteiger partial charge in [-0.15, -0.1) is 0 Å². The lowest BCUT2D eigenvalue weighted by Crippen LogP contribution is -2.29. The molecular formula is C17H21NO2S. The number of benzene rings is 2. The molecule has 0 amide bonds. The van der Waals surface area contributed by atoms with Crippen LogP contribution in [-0.4, -0.2) is 19.8 Å². The van der Waals surface area contributed by atoms with Gasteiger partial charge in [0.15, 0.2) is 0 Å². The molecule has 0 fully saturated rings. The van der Waals surface area contributed by atoms with E-state index >= 15 is 0 Å². The molecule has 2 aromatic carbocycles. The zero-order valence-electron chi connectivity index (χ0n) is 12.9. The Balaban J connectivity index is 2.31. The van der Waals surface area contributed by atoms with Crippen molar-refractivity contribution in [3.63, 3.8) is 0 Å². The molecule has 0 N–H and O–H groups in total. The molecule has 2 aromatic rings. The van der Waals surface area contributed by atoms with Crippen molar-refractivity contribution in [2.24, 2.45) is 0 Å². The van der Waals surface area contributed by atoms with Crippen LogP contribution in [0.3, 0.4) is 0 Å². The molecule has 0 saturated carbocycles. The van der Waals surface area contributed by atoms with E-state index in [9.17, 15) is 8.42 Å². The summed E-state index contributed by atoms with van der Waals surface area (Å²) in [5, 5.41) is 0. The van der Waals surface area contributed by atoms with Crippen LogP contribution in [0.15, 0.2) is 53.4 Å². The van der Waals surface area contributed by atoms with Crippen molar-refractivity contribution in [1.29, 1.82) is 0 Å². The highest BCUT2D eigenvalue weighted by Gasteiger charge is 2.26. The van der Waals surface area contributed by atoms with Crippen molar-refractivity contribution in [1.82, 2.24) is 4.31 Å². The lowest BCUT2D eigenvalue weighted by molar-refractivity contribution is 0.398. The van der Waals surface area contributed by atoms with E-state index in [1.54, 1.807) is 19.2 Å². The maximum Gasteiger partial charge on any atom is 0.243 e. The molecule has 0 aliphatic carbocycles. The molecule has 0 radical (unpaired) electrons. The standard InChI is InChI=1S/C17H21NO2S/c1-13-5-9-16(10-6-13)15(3)18(4)21(19,20)17-11-7-14(2)8-12-17/h5-12,15H,1-4H3. The average Bonchev–Trinajstić information content (AvgIpc) is 2.47. The molecule has 0 bridgehead atoms. The molecule has 0 saturated heterocycles. The van der Waals surface area contributed by atoms with Gasteiger partial charge in [0.25, 0.3) is 0 Å². The fourth-order valence-corrected chi connectivity index (χ4v) is 3.49. The van der Waals surface area contributed by atoms with Gasteiger partial charge in [0.1, 0.15) is 0 Å². The summed E-state index contributed by atoms with van der Waals surface area (Å²) in [6, 6.07) is 14.7. The molecule has 112 valence electrons. The van der Waals surface area contributed by atoms with Gasteiger partial charge in [-0.1, -0.05) is 47.5 Å².